The zero-order valence-electron chi connectivity index (χ0n) is 13.6. The molecule has 0 aliphatic carbocycles. The Kier molecular flexibility index (Phi) is 5.13. The summed E-state index contributed by atoms with van der Waals surface area (Å²) in [4.78, 5) is 16.6. The first-order chi connectivity index (χ1) is 11.7. The van der Waals surface area contributed by atoms with Crippen LogP contribution in [0, 0.1) is 0 Å². The van der Waals surface area contributed by atoms with Crippen LogP contribution in [0.15, 0.2) is 46.9 Å². The van der Waals surface area contributed by atoms with E-state index in [0.717, 1.165) is 10.0 Å². The first kappa shape index (κ1) is 18.6. The number of carbonyl (C=O) groups excluding carboxylic acids is 1. The summed E-state index contributed by atoms with van der Waals surface area (Å²) in [6.07, 6.45) is 0.542. The van der Waals surface area contributed by atoms with Crippen molar-refractivity contribution in [1.29, 1.82) is 0 Å². The first-order valence-electron chi connectivity index (χ1n) is 7.55. The van der Waals surface area contributed by atoms with Crippen LogP contribution in [0.25, 0.3) is 0 Å². The van der Waals surface area contributed by atoms with Gasteiger partial charge in [0, 0.05) is 28.0 Å². The van der Waals surface area contributed by atoms with Crippen molar-refractivity contribution in [2.45, 2.75) is 18.9 Å². The molecule has 3 nitrogen and oxygen atoms in total. The van der Waals surface area contributed by atoms with E-state index in [-0.39, 0.29) is 5.91 Å². The van der Waals surface area contributed by atoms with Crippen LogP contribution in [0.1, 0.15) is 12.5 Å². The smallest absolute Gasteiger partial charge is 0.259 e. The number of benzene rings is 2. The first-order valence-corrected chi connectivity index (χ1v) is 9.51. The average Bonchev–Trinajstić information content (AvgIpc) is 2.70. The molecule has 1 fully saturated rings. The molecule has 1 aliphatic rings. The van der Waals surface area contributed by atoms with E-state index in [2.05, 4.69) is 15.9 Å². The highest BCUT2D eigenvalue weighted by Crippen LogP contribution is 2.36. The van der Waals surface area contributed by atoms with E-state index >= 15 is 0 Å². The quantitative estimate of drug-likeness (QED) is 0.582. The summed E-state index contributed by atoms with van der Waals surface area (Å²) in [6.45, 7) is 1.90. The molecule has 2 aromatic rings. The number of rotatable bonds is 3. The van der Waals surface area contributed by atoms with Crippen molar-refractivity contribution in [3.05, 3.63) is 62.5 Å². The fourth-order valence-corrected chi connectivity index (χ4v) is 4.09. The van der Waals surface area contributed by atoms with Gasteiger partial charge in [-0.2, -0.15) is 0 Å². The zero-order valence-corrected chi connectivity index (χ0v) is 17.5. The number of nitrogens with zero attached hydrogens (tertiary/aromatic N) is 2. The second kappa shape index (κ2) is 6.88. The lowest BCUT2D eigenvalue weighted by molar-refractivity contribution is -0.123. The van der Waals surface area contributed by atoms with E-state index in [1.54, 1.807) is 18.2 Å². The van der Waals surface area contributed by atoms with Gasteiger partial charge in [0.2, 0.25) is 0 Å². The van der Waals surface area contributed by atoms with Gasteiger partial charge < -0.3 is 4.90 Å². The molecular formula is C18H15BrCl2N2OS. The number of halogens is 3. The molecule has 0 bridgehead atoms. The van der Waals surface area contributed by atoms with Crippen molar-refractivity contribution in [2.24, 2.45) is 0 Å². The van der Waals surface area contributed by atoms with Crippen LogP contribution in [0.5, 0.6) is 0 Å². The SMILES string of the molecule is CN1C(=S)N(c2cc(Cl)cc(Cl)c2)C(=O)C1(C)Cc1ccc(Br)cc1. The Hall–Kier alpha value is -1.14. The Morgan fingerprint density at radius 2 is 1.68 bits per heavy atom. The lowest BCUT2D eigenvalue weighted by Gasteiger charge is -2.29. The molecular weight excluding hydrogens is 443 g/mol. The van der Waals surface area contributed by atoms with E-state index in [9.17, 15) is 4.79 Å². The van der Waals surface area contributed by atoms with E-state index in [1.807, 2.05) is 43.1 Å². The summed E-state index contributed by atoms with van der Waals surface area (Å²) in [6, 6.07) is 12.9. The van der Waals surface area contributed by atoms with Crippen LogP contribution in [0.2, 0.25) is 10.0 Å². The van der Waals surface area contributed by atoms with Gasteiger partial charge in [0.15, 0.2) is 5.11 Å². The van der Waals surface area contributed by atoms with Gasteiger partial charge in [-0.3, -0.25) is 9.69 Å². The fraction of sp³-hybridized carbons (Fsp3) is 0.222. The molecule has 2 aromatic carbocycles. The Morgan fingerprint density at radius 3 is 2.24 bits per heavy atom. The number of hydrogen-bond donors (Lipinski definition) is 0. The van der Waals surface area contributed by atoms with Crippen molar-refractivity contribution in [2.75, 3.05) is 11.9 Å². The maximum atomic E-state index is 13.2. The summed E-state index contributed by atoms with van der Waals surface area (Å²) in [5.41, 5.74) is 0.859. The molecule has 130 valence electrons. The van der Waals surface area contributed by atoms with E-state index in [4.69, 9.17) is 35.4 Å². The Morgan fingerprint density at radius 1 is 1.12 bits per heavy atom. The van der Waals surface area contributed by atoms with Crippen molar-refractivity contribution < 1.29 is 4.79 Å². The molecule has 25 heavy (non-hydrogen) atoms. The molecule has 0 saturated carbocycles. The van der Waals surface area contributed by atoms with Gasteiger partial charge in [-0.25, -0.2) is 0 Å². The minimum atomic E-state index is -0.778. The topological polar surface area (TPSA) is 23.6 Å². The molecule has 1 amide bonds. The van der Waals surface area contributed by atoms with Crippen molar-refractivity contribution in [3.8, 4) is 0 Å². The molecule has 1 atom stereocenters. The van der Waals surface area contributed by atoms with E-state index < -0.39 is 5.54 Å². The molecule has 1 unspecified atom stereocenters. The van der Waals surface area contributed by atoms with Gasteiger partial charge in [0.1, 0.15) is 5.54 Å². The molecule has 1 aliphatic heterocycles. The largest absolute Gasteiger partial charge is 0.337 e. The number of thiocarbonyl (C=S) groups is 1. The van der Waals surface area contributed by atoms with Crippen LogP contribution in [0.4, 0.5) is 5.69 Å². The third-order valence-corrected chi connectivity index (χ3v) is 5.87. The maximum Gasteiger partial charge on any atom is 0.259 e. The highest BCUT2D eigenvalue weighted by Gasteiger charge is 2.50. The minimum Gasteiger partial charge on any atom is -0.337 e. The zero-order chi connectivity index (χ0) is 18.4. The van der Waals surface area contributed by atoms with Gasteiger partial charge >= 0.3 is 0 Å². The molecule has 1 heterocycles. The predicted molar refractivity (Wildman–Crippen MR) is 111 cm³/mol. The second-order valence-electron chi connectivity index (χ2n) is 6.19. The molecule has 0 N–H and O–H groups in total. The normalized spacial score (nSPS) is 20.5. The van der Waals surface area contributed by atoms with Gasteiger partial charge in [0.25, 0.3) is 5.91 Å². The van der Waals surface area contributed by atoms with Crippen LogP contribution >= 0.6 is 51.3 Å². The van der Waals surface area contributed by atoms with Gasteiger partial charge in [-0.1, -0.05) is 51.3 Å². The number of hydrogen-bond acceptors (Lipinski definition) is 2. The minimum absolute atomic E-state index is 0.0961. The molecule has 0 aromatic heterocycles. The predicted octanol–water partition coefficient (Wildman–Crippen LogP) is 5.32. The molecule has 1 saturated heterocycles. The number of anilines is 1. The number of carbonyl (C=O) groups is 1. The molecule has 3 rings (SSSR count). The molecule has 7 heteroatoms. The van der Waals surface area contributed by atoms with Gasteiger partial charge in [-0.05, 0) is 55.0 Å². The highest BCUT2D eigenvalue weighted by atomic mass is 79.9. The lowest BCUT2D eigenvalue weighted by atomic mass is 9.91. The standard InChI is InChI=1S/C18H15BrCl2N2OS/c1-18(10-11-3-5-12(19)6-4-11)16(24)23(17(25)22(18)2)15-8-13(20)7-14(21)9-15/h3-9H,10H2,1-2H3. The van der Waals surface area contributed by atoms with Crippen LogP contribution in [-0.4, -0.2) is 28.5 Å². The Balaban J connectivity index is 1.98. The summed E-state index contributed by atoms with van der Waals surface area (Å²) >= 11 is 21.1. The molecule has 0 radical (unpaired) electrons. The van der Waals surface area contributed by atoms with Gasteiger partial charge in [-0.15, -0.1) is 0 Å². The van der Waals surface area contributed by atoms with Crippen LogP contribution in [-0.2, 0) is 11.2 Å². The Labute approximate surface area is 170 Å². The van der Waals surface area contributed by atoms with Crippen molar-refractivity contribution in [3.63, 3.8) is 0 Å². The monoisotopic (exact) mass is 456 g/mol. The summed E-state index contributed by atoms with van der Waals surface area (Å²) in [7, 11) is 1.84. The van der Waals surface area contributed by atoms with Crippen LogP contribution < -0.4 is 4.90 Å². The fourth-order valence-electron chi connectivity index (χ4n) is 2.92. The van der Waals surface area contributed by atoms with E-state index in [0.29, 0.717) is 27.3 Å². The van der Waals surface area contributed by atoms with Crippen LogP contribution in [0.3, 0.4) is 0 Å². The second-order valence-corrected chi connectivity index (χ2v) is 8.34. The van der Waals surface area contributed by atoms with Gasteiger partial charge in [0.05, 0.1) is 5.69 Å². The van der Waals surface area contributed by atoms with E-state index in [1.165, 1.54) is 4.90 Å². The maximum absolute atomic E-state index is 13.2. The highest BCUT2D eigenvalue weighted by molar-refractivity contribution is 9.10. The average molecular weight is 458 g/mol. The van der Waals surface area contributed by atoms with Crippen molar-refractivity contribution >= 4 is 68.1 Å². The van der Waals surface area contributed by atoms with Crippen molar-refractivity contribution in [1.82, 2.24) is 4.90 Å². The summed E-state index contributed by atoms with van der Waals surface area (Å²) in [5.74, 6) is -0.0961. The Bertz CT molecular complexity index is 838. The number of likely N-dealkylation sites (N-methyl/N-ethyl adjacent to an activating group) is 1. The third kappa shape index (κ3) is 3.43. The summed E-state index contributed by atoms with van der Waals surface area (Å²) < 4.78 is 0.998. The molecule has 0 spiro atoms. The number of amides is 1. The summed E-state index contributed by atoms with van der Waals surface area (Å²) in [5, 5.41) is 1.35. The third-order valence-electron chi connectivity index (χ3n) is 4.45. The lowest BCUT2D eigenvalue weighted by Crippen LogP contribution is -2.47.